The molecule has 98 valence electrons. The van der Waals surface area contributed by atoms with Gasteiger partial charge in [0, 0.05) is 6.04 Å². The molecule has 1 aromatic rings. The Kier molecular flexibility index (Phi) is 3.91. The molecule has 2 unspecified atom stereocenters. The van der Waals surface area contributed by atoms with Crippen LogP contribution in [0.5, 0.6) is 0 Å². The average molecular weight is 272 g/mol. The Morgan fingerprint density at radius 3 is 2.83 bits per heavy atom. The Hall–Kier alpha value is -1.49. The van der Waals surface area contributed by atoms with Crippen molar-refractivity contribution in [1.29, 1.82) is 0 Å². The number of hydrogen-bond acceptors (Lipinski definition) is 3. The summed E-state index contributed by atoms with van der Waals surface area (Å²) in [5.74, 6) is -1.48. The monoisotopic (exact) mass is 271 g/mol. The first-order chi connectivity index (χ1) is 8.58. The van der Waals surface area contributed by atoms with Gasteiger partial charge in [0.1, 0.15) is 0 Å². The van der Waals surface area contributed by atoms with Crippen LogP contribution in [0.2, 0.25) is 5.22 Å². The summed E-state index contributed by atoms with van der Waals surface area (Å²) in [6, 6.07) is 1.38. The van der Waals surface area contributed by atoms with E-state index < -0.39 is 5.97 Å². The van der Waals surface area contributed by atoms with Gasteiger partial charge < -0.3 is 14.8 Å². The van der Waals surface area contributed by atoms with E-state index in [-0.39, 0.29) is 28.6 Å². The normalized spacial score (nSPS) is 23.6. The summed E-state index contributed by atoms with van der Waals surface area (Å²) in [6.45, 7) is 0. The number of hydrogen-bond donors (Lipinski definition) is 2. The molecule has 2 N–H and O–H groups in total. The predicted octanol–water partition coefficient (Wildman–Crippen LogP) is 2.31. The molecule has 1 aliphatic rings. The Labute approximate surface area is 109 Å². The standard InChI is InChI=1S/C12H14ClNO4/c13-10-9(4-5-18-10)11(15)14-8-3-1-2-7(6-8)12(16)17/h4-5,7-8H,1-3,6H2,(H,14,15)(H,16,17). The van der Waals surface area contributed by atoms with Crippen molar-refractivity contribution in [1.82, 2.24) is 5.32 Å². The number of furan rings is 1. The highest BCUT2D eigenvalue weighted by molar-refractivity contribution is 6.32. The van der Waals surface area contributed by atoms with Crippen molar-refractivity contribution in [2.24, 2.45) is 5.92 Å². The summed E-state index contributed by atoms with van der Waals surface area (Å²) < 4.78 is 4.84. The maximum absolute atomic E-state index is 11.9. The van der Waals surface area contributed by atoms with Crippen molar-refractivity contribution >= 4 is 23.5 Å². The van der Waals surface area contributed by atoms with Gasteiger partial charge in [-0.2, -0.15) is 0 Å². The van der Waals surface area contributed by atoms with E-state index in [0.717, 1.165) is 12.8 Å². The van der Waals surface area contributed by atoms with Crippen LogP contribution in [0.1, 0.15) is 36.0 Å². The van der Waals surface area contributed by atoms with Crippen LogP contribution in [-0.4, -0.2) is 23.0 Å². The number of nitrogens with one attached hydrogen (secondary N) is 1. The van der Waals surface area contributed by atoms with E-state index in [2.05, 4.69) is 5.32 Å². The number of aliphatic carboxylic acids is 1. The third-order valence-electron chi connectivity index (χ3n) is 3.22. The minimum atomic E-state index is -0.796. The summed E-state index contributed by atoms with van der Waals surface area (Å²) in [6.07, 6.45) is 4.09. The zero-order valence-electron chi connectivity index (χ0n) is 9.69. The minimum Gasteiger partial charge on any atom is -0.481 e. The summed E-state index contributed by atoms with van der Waals surface area (Å²) in [5, 5.41) is 11.8. The molecule has 0 saturated heterocycles. The van der Waals surface area contributed by atoms with Gasteiger partial charge in [-0.3, -0.25) is 9.59 Å². The van der Waals surface area contributed by atoms with E-state index >= 15 is 0 Å². The zero-order chi connectivity index (χ0) is 13.1. The molecule has 1 heterocycles. The van der Waals surface area contributed by atoms with Gasteiger partial charge in [-0.15, -0.1) is 0 Å². The molecule has 1 aliphatic carbocycles. The number of rotatable bonds is 3. The van der Waals surface area contributed by atoms with E-state index in [1.807, 2.05) is 0 Å². The van der Waals surface area contributed by atoms with E-state index in [4.69, 9.17) is 21.1 Å². The lowest BCUT2D eigenvalue weighted by molar-refractivity contribution is -0.143. The summed E-state index contributed by atoms with van der Waals surface area (Å²) >= 11 is 5.71. The van der Waals surface area contributed by atoms with Crippen molar-refractivity contribution in [3.63, 3.8) is 0 Å². The SMILES string of the molecule is O=C(NC1CCCC(C(=O)O)C1)c1ccoc1Cl. The number of halogens is 1. The highest BCUT2D eigenvalue weighted by Crippen LogP contribution is 2.25. The number of amides is 1. The molecule has 5 nitrogen and oxygen atoms in total. The molecule has 2 rings (SSSR count). The molecule has 1 saturated carbocycles. The second-order valence-corrected chi connectivity index (χ2v) is 4.82. The van der Waals surface area contributed by atoms with Gasteiger partial charge in [-0.1, -0.05) is 6.42 Å². The fourth-order valence-corrected chi connectivity index (χ4v) is 2.46. The van der Waals surface area contributed by atoms with Gasteiger partial charge in [0.25, 0.3) is 5.91 Å². The summed E-state index contributed by atoms with van der Waals surface area (Å²) in [7, 11) is 0. The molecule has 1 aromatic heterocycles. The molecular formula is C12H14ClNO4. The second-order valence-electron chi connectivity index (χ2n) is 4.48. The number of carbonyl (C=O) groups excluding carboxylic acids is 1. The van der Waals surface area contributed by atoms with Crippen LogP contribution in [0.3, 0.4) is 0 Å². The molecule has 1 amide bonds. The van der Waals surface area contributed by atoms with Crippen molar-refractivity contribution in [3.8, 4) is 0 Å². The van der Waals surface area contributed by atoms with E-state index in [1.165, 1.54) is 12.3 Å². The van der Waals surface area contributed by atoms with Crippen molar-refractivity contribution in [3.05, 3.63) is 23.1 Å². The Bertz CT molecular complexity index is 457. The van der Waals surface area contributed by atoms with Crippen LogP contribution < -0.4 is 5.32 Å². The lowest BCUT2D eigenvalue weighted by atomic mass is 9.85. The largest absolute Gasteiger partial charge is 0.481 e. The molecule has 0 spiro atoms. The predicted molar refractivity (Wildman–Crippen MR) is 64.6 cm³/mol. The lowest BCUT2D eigenvalue weighted by Gasteiger charge is -2.27. The molecule has 0 aromatic carbocycles. The molecule has 1 fully saturated rings. The van der Waals surface area contributed by atoms with E-state index in [1.54, 1.807) is 0 Å². The highest BCUT2D eigenvalue weighted by Gasteiger charge is 2.28. The third-order valence-corrected chi connectivity index (χ3v) is 3.51. The van der Waals surface area contributed by atoms with Crippen LogP contribution in [0.25, 0.3) is 0 Å². The highest BCUT2D eigenvalue weighted by atomic mass is 35.5. The first kappa shape index (κ1) is 13.0. The molecule has 0 radical (unpaired) electrons. The first-order valence-corrected chi connectivity index (χ1v) is 6.22. The van der Waals surface area contributed by atoms with E-state index in [9.17, 15) is 9.59 Å². The van der Waals surface area contributed by atoms with E-state index in [0.29, 0.717) is 12.8 Å². The average Bonchev–Trinajstić information content (AvgIpc) is 2.76. The molecule has 18 heavy (non-hydrogen) atoms. The Morgan fingerprint density at radius 2 is 2.22 bits per heavy atom. The smallest absolute Gasteiger partial charge is 0.306 e. The van der Waals surface area contributed by atoms with Gasteiger partial charge in [0.05, 0.1) is 17.7 Å². The quantitative estimate of drug-likeness (QED) is 0.884. The van der Waals surface area contributed by atoms with Crippen molar-refractivity contribution in [2.45, 2.75) is 31.7 Å². The first-order valence-electron chi connectivity index (χ1n) is 5.84. The Morgan fingerprint density at radius 1 is 1.44 bits per heavy atom. The van der Waals surface area contributed by atoms with Crippen LogP contribution >= 0.6 is 11.6 Å². The number of carboxylic acids is 1. The fourth-order valence-electron chi connectivity index (χ4n) is 2.26. The second kappa shape index (κ2) is 5.44. The van der Waals surface area contributed by atoms with Crippen molar-refractivity contribution in [2.75, 3.05) is 0 Å². The van der Waals surface area contributed by atoms with Crippen LogP contribution in [0.15, 0.2) is 16.7 Å². The summed E-state index contributed by atoms with van der Waals surface area (Å²) in [5.41, 5.74) is 0.286. The van der Waals surface area contributed by atoms with Crippen molar-refractivity contribution < 1.29 is 19.1 Å². The van der Waals surface area contributed by atoms with Gasteiger partial charge in [-0.05, 0) is 36.9 Å². The summed E-state index contributed by atoms with van der Waals surface area (Å²) in [4.78, 5) is 22.8. The molecule has 2 atom stereocenters. The number of carboxylic acid groups (broad SMARTS) is 1. The van der Waals surface area contributed by atoms with Gasteiger partial charge in [0.2, 0.25) is 5.22 Å². The minimum absolute atomic E-state index is 0.0538. The number of carbonyl (C=O) groups is 2. The van der Waals surface area contributed by atoms with Gasteiger partial charge in [0.15, 0.2) is 0 Å². The maximum Gasteiger partial charge on any atom is 0.306 e. The topological polar surface area (TPSA) is 79.5 Å². The molecular weight excluding hydrogens is 258 g/mol. The third kappa shape index (κ3) is 2.85. The molecule has 0 bridgehead atoms. The molecule has 6 heteroatoms. The van der Waals surface area contributed by atoms with Crippen LogP contribution in [0.4, 0.5) is 0 Å². The van der Waals surface area contributed by atoms with Crippen LogP contribution in [-0.2, 0) is 4.79 Å². The van der Waals surface area contributed by atoms with Gasteiger partial charge in [-0.25, -0.2) is 0 Å². The molecule has 0 aliphatic heterocycles. The maximum atomic E-state index is 11.9. The van der Waals surface area contributed by atoms with Crippen LogP contribution in [0, 0.1) is 5.92 Å². The fraction of sp³-hybridized carbons (Fsp3) is 0.500. The zero-order valence-corrected chi connectivity index (χ0v) is 10.4. The van der Waals surface area contributed by atoms with Gasteiger partial charge >= 0.3 is 5.97 Å². The lowest BCUT2D eigenvalue weighted by Crippen LogP contribution is -2.39. The Balaban J connectivity index is 1.95.